The van der Waals surface area contributed by atoms with E-state index in [2.05, 4.69) is 6.07 Å². The molecule has 1 amide bonds. The summed E-state index contributed by atoms with van der Waals surface area (Å²) in [6, 6.07) is 2.14. The van der Waals surface area contributed by atoms with E-state index in [9.17, 15) is 4.79 Å². The van der Waals surface area contributed by atoms with Crippen LogP contribution in [0.3, 0.4) is 0 Å². The van der Waals surface area contributed by atoms with Crippen molar-refractivity contribution in [3.63, 3.8) is 0 Å². The highest BCUT2D eigenvalue weighted by Gasteiger charge is 2.52. The third-order valence-corrected chi connectivity index (χ3v) is 2.95. The standard InChI is InChI=1S/C10H14N2O/c1-12(6-8-2-3-8)9(13)10(7-11)4-5-10/h8H,2-6H2,1H3. The number of nitrogens with zero attached hydrogens (tertiary/aromatic N) is 2. The molecule has 0 atom stereocenters. The van der Waals surface area contributed by atoms with E-state index in [0.29, 0.717) is 5.92 Å². The second-order valence-electron chi connectivity index (χ2n) is 4.32. The quantitative estimate of drug-likeness (QED) is 0.651. The fourth-order valence-electron chi connectivity index (χ4n) is 1.63. The maximum absolute atomic E-state index is 11.7. The maximum Gasteiger partial charge on any atom is 0.242 e. The van der Waals surface area contributed by atoms with E-state index in [1.165, 1.54) is 12.8 Å². The topological polar surface area (TPSA) is 44.1 Å². The van der Waals surface area contributed by atoms with E-state index in [-0.39, 0.29) is 5.91 Å². The van der Waals surface area contributed by atoms with Crippen LogP contribution in [-0.4, -0.2) is 24.4 Å². The number of amides is 1. The van der Waals surface area contributed by atoms with Crippen LogP contribution >= 0.6 is 0 Å². The molecule has 0 aromatic heterocycles. The molecule has 2 aliphatic carbocycles. The van der Waals surface area contributed by atoms with Crippen molar-refractivity contribution in [1.29, 1.82) is 5.26 Å². The molecule has 2 aliphatic rings. The van der Waals surface area contributed by atoms with Gasteiger partial charge in [-0.25, -0.2) is 0 Å². The molecular weight excluding hydrogens is 164 g/mol. The SMILES string of the molecule is CN(CC1CC1)C(=O)C1(C#N)CC1. The van der Waals surface area contributed by atoms with E-state index in [1.807, 2.05) is 7.05 Å². The van der Waals surface area contributed by atoms with Crippen LogP contribution in [0.1, 0.15) is 25.7 Å². The third kappa shape index (κ3) is 1.53. The number of hydrogen-bond donors (Lipinski definition) is 0. The first-order valence-corrected chi connectivity index (χ1v) is 4.85. The number of hydrogen-bond acceptors (Lipinski definition) is 2. The van der Waals surface area contributed by atoms with Gasteiger partial charge in [-0.15, -0.1) is 0 Å². The van der Waals surface area contributed by atoms with E-state index in [4.69, 9.17) is 5.26 Å². The summed E-state index contributed by atoms with van der Waals surface area (Å²) in [4.78, 5) is 13.5. The minimum atomic E-state index is -0.621. The van der Waals surface area contributed by atoms with Gasteiger partial charge in [-0.05, 0) is 31.6 Å². The predicted molar refractivity (Wildman–Crippen MR) is 47.6 cm³/mol. The smallest absolute Gasteiger partial charge is 0.242 e. The van der Waals surface area contributed by atoms with Crippen LogP contribution < -0.4 is 0 Å². The Balaban J connectivity index is 1.92. The van der Waals surface area contributed by atoms with Gasteiger partial charge in [0.05, 0.1) is 6.07 Å². The fraction of sp³-hybridized carbons (Fsp3) is 0.800. The van der Waals surface area contributed by atoms with Crippen LogP contribution in [0, 0.1) is 22.7 Å². The molecule has 0 aliphatic heterocycles. The Morgan fingerprint density at radius 1 is 1.62 bits per heavy atom. The zero-order chi connectivity index (χ0) is 9.47. The molecule has 0 radical (unpaired) electrons. The van der Waals surface area contributed by atoms with Gasteiger partial charge in [0.15, 0.2) is 0 Å². The first-order chi connectivity index (χ1) is 6.18. The number of rotatable bonds is 3. The van der Waals surface area contributed by atoms with Gasteiger partial charge in [-0.1, -0.05) is 0 Å². The molecule has 2 fully saturated rings. The fourth-order valence-corrected chi connectivity index (χ4v) is 1.63. The van der Waals surface area contributed by atoms with Gasteiger partial charge in [0.25, 0.3) is 0 Å². The molecule has 0 bridgehead atoms. The van der Waals surface area contributed by atoms with Crippen molar-refractivity contribution in [2.24, 2.45) is 11.3 Å². The molecule has 0 heterocycles. The monoisotopic (exact) mass is 178 g/mol. The average molecular weight is 178 g/mol. The van der Waals surface area contributed by atoms with E-state index in [0.717, 1.165) is 19.4 Å². The van der Waals surface area contributed by atoms with Crippen molar-refractivity contribution >= 4 is 5.91 Å². The molecule has 3 nitrogen and oxygen atoms in total. The maximum atomic E-state index is 11.7. The normalized spacial score (nSPS) is 23.4. The molecule has 0 spiro atoms. The summed E-state index contributed by atoms with van der Waals surface area (Å²) in [5, 5.41) is 8.83. The molecule has 0 unspecified atom stereocenters. The van der Waals surface area contributed by atoms with Crippen molar-refractivity contribution in [3.05, 3.63) is 0 Å². The largest absolute Gasteiger partial charge is 0.344 e. The molecule has 13 heavy (non-hydrogen) atoms. The Labute approximate surface area is 78.3 Å². The first-order valence-electron chi connectivity index (χ1n) is 4.85. The molecule has 2 saturated carbocycles. The summed E-state index contributed by atoms with van der Waals surface area (Å²) >= 11 is 0. The molecule has 0 saturated heterocycles. The van der Waals surface area contributed by atoms with Gasteiger partial charge in [0, 0.05) is 13.6 Å². The zero-order valence-electron chi connectivity index (χ0n) is 7.92. The van der Waals surface area contributed by atoms with Crippen molar-refractivity contribution in [2.45, 2.75) is 25.7 Å². The highest BCUT2D eigenvalue weighted by Crippen LogP contribution is 2.46. The molecule has 0 N–H and O–H groups in total. The molecule has 0 aromatic carbocycles. The van der Waals surface area contributed by atoms with Crippen molar-refractivity contribution in [2.75, 3.05) is 13.6 Å². The molecule has 70 valence electrons. The average Bonchev–Trinajstić information content (AvgIpc) is 2.98. The first kappa shape index (κ1) is 8.55. The summed E-state index contributed by atoms with van der Waals surface area (Å²) in [6.45, 7) is 0.849. The van der Waals surface area contributed by atoms with Crippen LogP contribution in [0.5, 0.6) is 0 Å². The number of carbonyl (C=O) groups is 1. The van der Waals surface area contributed by atoms with Crippen molar-refractivity contribution in [1.82, 2.24) is 4.90 Å². The lowest BCUT2D eigenvalue weighted by Gasteiger charge is -2.19. The Morgan fingerprint density at radius 3 is 2.62 bits per heavy atom. The lowest BCUT2D eigenvalue weighted by Crippen LogP contribution is -2.34. The second kappa shape index (κ2) is 2.73. The minimum Gasteiger partial charge on any atom is -0.344 e. The van der Waals surface area contributed by atoms with Crippen LogP contribution in [0.2, 0.25) is 0 Å². The van der Waals surface area contributed by atoms with Gasteiger partial charge in [-0.2, -0.15) is 5.26 Å². The second-order valence-corrected chi connectivity index (χ2v) is 4.32. The molecule has 2 rings (SSSR count). The minimum absolute atomic E-state index is 0.0434. The van der Waals surface area contributed by atoms with E-state index in [1.54, 1.807) is 4.90 Å². The summed E-state index contributed by atoms with van der Waals surface area (Å²) < 4.78 is 0. The molecule has 3 heteroatoms. The third-order valence-electron chi connectivity index (χ3n) is 2.95. The summed E-state index contributed by atoms with van der Waals surface area (Å²) in [6.07, 6.45) is 4.02. The van der Waals surface area contributed by atoms with Crippen LogP contribution in [0.15, 0.2) is 0 Å². The molecule has 0 aromatic rings. The summed E-state index contributed by atoms with van der Waals surface area (Å²) in [5.74, 6) is 0.755. The van der Waals surface area contributed by atoms with Crippen LogP contribution in [-0.2, 0) is 4.79 Å². The van der Waals surface area contributed by atoms with Gasteiger partial charge >= 0.3 is 0 Å². The Morgan fingerprint density at radius 2 is 2.23 bits per heavy atom. The van der Waals surface area contributed by atoms with Crippen molar-refractivity contribution in [3.8, 4) is 6.07 Å². The summed E-state index contributed by atoms with van der Waals surface area (Å²) in [5.41, 5.74) is -0.621. The van der Waals surface area contributed by atoms with Crippen LogP contribution in [0.4, 0.5) is 0 Å². The predicted octanol–water partition coefficient (Wildman–Crippen LogP) is 1.16. The van der Waals surface area contributed by atoms with Gasteiger partial charge in [0.2, 0.25) is 5.91 Å². The number of carbonyl (C=O) groups excluding carboxylic acids is 1. The zero-order valence-corrected chi connectivity index (χ0v) is 7.92. The number of nitriles is 1. The highest BCUT2D eigenvalue weighted by atomic mass is 16.2. The Hall–Kier alpha value is -1.04. The van der Waals surface area contributed by atoms with Gasteiger partial charge in [0.1, 0.15) is 5.41 Å². The summed E-state index contributed by atoms with van der Waals surface area (Å²) in [7, 11) is 1.82. The lowest BCUT2D eigenvalue weighted by molar-refractivity contribution is -0.133. The molecular formula is C10H14N2O. The van der Waals surface area contributed by atoms with Crippen molar-refractivity contribution < 1.29 is 4.79 Å². The Kier molecular flexibility index (Phi) is 1.80. The van der Waals surface area contributed by atoms with E-state index < -0.39 is 5.41 Å². The lowest BCUT2D eigenvalue weighted by atomic mass is 10.1. The van der Waals surface area contributed by atoms with Crippen LogP contribution in [0.25, 0.3) is 0 Å². The van der Waals surface area contributed by atoms with E-state index >= 15 is 0 Å². The van der Waals surface area contributed by atoms with Gasteiger partial charge in [-0.3, -0.25) is 4.79 Å². The highest BCUT2D eigenvalue weighted by molar-refractivity contribution is 5.88. The van der Waals surface area contributed by atoms with Gasteiger partial charge < -0.3 is 4.90 Å². The Bertz CT molecular complexity index is 271.